The van der Waals surface area contributed by atoms with Gasteiger partial charge in [0.2, 0.25) is 5.91 Å². The average Bonchev–Trinajstić information content (AvgIpc) is 2.71. The normalized spacial score (nSPS) is 34.5. The second-order valence-electron chi connectivity index (χ2n) is 3.77. The molecule has 1 aliphatic heterocycles. The molecule has 0 aromatic rings. The molecule has 2 fully saturated rings. The summed E-state index contributed by atoms with van der Waals surface area (Å²) in [5, 5.41) is 3.07. The van der Waals surface area contributed by atoms with Crippen LogP contribution in [0.15, 0.2) is 0 Å². The summed E-state index contributed by atoms with van der Waals surface area (Å²) in [6.07, 6.45) is 3.54. The van der Waals surface area contributed by atoms with Crippen molar-refractivity contribution >= 4 is 5.91 Å². The van der Waals surface area contributed by atoms with Crippen LogP contribution >= 0.6 is 0 Å². The Bertz CT molecular complexity index is 208. The molecule has 0 aromatic carbocycles. The Morgan fingerprint density at radius 3 is 2.92 bits per heavy atom. The van der Waals surface area contributed by atoms with Crippen LogP contribution in [0, 0.1) is 0 Å². The quantitative estimate of drug-likeness (QED) is 0.654. The molecule has 74 valence electrons. The molecule has 4 nitrogen and oxygen atoms in total. The molecule has 1 amide bonds. The van der Waals surface area contributed by atoms with Crippen molar-refractivity contribution in [3.05, 3.63) is 0 Å². The predicted molar refractivity (Wildman–Crippen MR) is 48.2 cm³/mol. The van der Waals surface area contributed by atoms with E-state index in [1.807, 2.05) is 4.90 Å². The van der Waals surface area contributed by atoms with Gasteiger partial charge in [-0.15, -0.1) is 0 Å². The first kappa shape index (κ1) is 8.97. The summed E-state index contributed by atoms with van der Waals surface area (Å²) in [6, 6.07) is 0.410. The summed E-state index contributed by atoms with van der Waals surface area (Å²) in [7, 11) is 1.75. The summed E-state index contributed by atoms with van der Waals surface area (Å²) in [5.74, 6) is 0.238. The molecule has 1 aliphatic carbocycles. The molecule has 1 saturated carbocycles. The molecule has 0 aromatic heterocycles. The maximum Gasteiger partial charge on any atom is 0.237 e. The first-order valence-corrected chi connectivity index (χ1v) is 4.84. The van der Waals surface area contributed by atoms with E-state index in [0.717, 1.165) is 25.9 Å². The SMILES string of the molecule is COC1CCC(N2CNCC2=O)C1. The Kier molecular flexibility index (Phi) is 2.51. The zero-order valence-corrected chi connectivity index (χ0v) is 7.95. The van der Waals surface area contributed by atoms with Gasteiger partial charge in [-0.05, 0) is 19.3 Å². The molecule has 1 saturated heterocycles. The van der Waals surface area contributed by atoms with Crippen molar-refractivity contribution in [3.8, 4) is 0 Å². The molecule has 0 bridgehead atoms. The van der Waals surface area contributed by atoms with E-state index in [9.17, 15) is 4.79 Å². The Morgan fingerprint density at radius 1 is 1.54 bits per heavy atom. The third-order valence-electron chi connectivity index (χ3n) is 3.01. The molecule has 1 heterocycles. The standard InChI is InChI=1S/C9H16N2O2/c1-13-8-3-2-7(4-8)11-6-10-5-9(11)12/h7-8,10H,2-6H2,1H3. The minimum atomic E-state index is 0.238. The maximum atomic E-state index is 11.4. The fourth-order valence-electron chi connectivity index (χ4n) is 2.22. The van der Waals surface area contributed by atoms with Crippen LogP contribution in [-0.4, -0.2) is 43.3 Å². The molecular formula is C9H16N2O2. The number of nitrogens with zero attached hydrogens (tertiary/aromatic N) is 1. The van der Waals surface area contributed by atoms with E-state index in [-0.39, 0.29) is 5.91 Å². The van der Waals surface area contributed by atoms with E-state index >= 15 is 0 Å². The van der Waals surface area contributed by atoms with Gasteiger partial charge in [-0.1, -0.05) is 0 Å². The lowest BCUT2D eigenvalue weighted by molar-refractivity contribution is -0.128. The highest BCUT2D eigenvalue weighted by Gasteiger charge is 2.33. The third-order valence-corrected chi connectivity index (χ3v) is 3.01. The second-order valence-corrected chi connectivity index (χ2v) is 3.77. The summed E-state index contributed by atoms with van der Waals surface area (Å²) in [5.41, 5.74) is 0. The second kappa shape index (κ2) is 3.64. The number of ether oxygens (including phenoxy) is 1. The van der Waals surface area contributed by atoms with Gasteiger partial charge >= 0.3 is 0 Å². The zero-order chi connectivity index (χ0) is 9.26. The van der Waals surface area contributed by atoms with E-state index in [4.69, 9.17) is 4.74 Å². The Balaban J connectivity index is 1.91. The minimum Gasteiger partial charge on any atom is -0.381 e. The van der Waals surface area contributed by atoms with Crippen LogP contribution in [0.25, 0.3) is 0 Å². The largest absolute Gasteiger partial charge is 0.381 e. The van der Waals surface area contributed by atoms with Crippen molar-refractivity contribution in [2.24, 2.45) is 0 Å². The number of amides is 1. The number of carbonyl (C=O) groups excluding carboxylic acids is 1. The highest BCUT2D eigenvalue weighted by molar-refractivity contribution is 5.80. The number of nitrogens with one attached hydrogen (secondary N) is 1. The molecule has 0 radical (unpaired) electrons. The summed E-state index contributed by atoms with van der Waals surface area (Å²) >= 11 is 0. The first-order chi connectivity index (χ1) is 6.31. The van der Waals surface area contributed by atoms with Gasteiger partial charge in [0.15, 0.2) is 0 Å². The van der Waals surface area contributed by atoms with Gasteiger partial charge in [-0.2, -0.15) is 0 Å². The van der Waals surface area contributed by atoms with Crippen molar-refractivity contribution in [2.75, 3.05) is 20.3 Å². The molecule has 4 heteroatoms. The van der Waals surface area contributed by atoms with Crippen molar-refractivity contribution in [1.82, 2.24) is 10.2 Å². The fourth-order valence-corrected chi connectivity index (χ4v) is 2.22. The van der Waals surface area contributed by atoms with Gasteiger partial charge in [-0.25, -0.2) is 0 Å². The molecule has 2 unspecified atom stereocenters. The summed E-state index contributed by atoms with van der Waals surface area (Å²) in [4.78, 5) is 13.3. The van der Waals surface area contributed by atoms with Crippen LogP contribution in [0.1, 0.15) is 19.3 Å². The number of hydrogen-bond donors (Lipinski definition) is 1. The molecule has 1 N–H and O–H groups in total. The zero-order valence-electron chi connectivity index (χ0n) is 7.95. The Labute approximate surface area is 78.2 Å². The summed E-state index contributed by atoms with van der Waals surface area (Å²) in [6.45, 7) is 1.23. The minimum absolute atomic E-state index is 0.238. The van der Waals surface area contributed by atoms with Gasteiger partial charge in [0.05, 0.1) is 19.3 Å². The van der Waals surface area contributed by atoms with Crippen LogP contribution in [0.4, 0.5) is 0 Å². The van der Waals surface area contributed by atoms with E-state index in [2.05, 4.69) is 5.32 Å². The fraction of sp³-hybridized carbons (Fsp3) is 0.889. The van der Waals surface area contributed by atoms with Crippen LogP contribution in [-0.2, 0) is 9.53 Å². The monoisotopic (exact) mass is 184 g/mol. The molecule has 2 atom stereocenters. The molecule has 2 rings (SSSR count). The van der Waals surface area contributed by atoms with Gasteiger partial charge in [0.1, 0.15) is 0 Å². The highest BCUT2D eigenvalue weighted by Crippen LogP contribution is 2.26. The van der Waals surface area contributed by atoms with Gasteiger partial charge in [0.25, 0.3) is 0 Å². The van der Waals surface area contributed by atoms with E-state index in [1.165, 1.54) is 0 Å². The van der Waals surface area contributed by atoms with Crippen molar-refractivity contribution in [3.63, 3.8) is 0 Å². The maximum absolute atomic E-state index is 11.4. The Hall–Kier alpha value is -0.610. The van der Waals surface area contributed by atoms with E-state index in [0.29, 0.717) is 18.7 Å². The lowest BCUT2D eigenvalue weighted by Gasteiger charge is -2.22. The van der Waals surface area contributed by atoms with Crippen molar-refractivity contribution < 1.29 is 9.53 Å². The molecule has 0 spiro atoms. The van der Waals surface area contributed by atoms with Crippen LogP contribution < -0.4 is 5.32 Å². The number of rotatable bonds is 2. The lowest BCUT2D eigenvalue weighted by atomic mass is 10.2. The van der Waals surface area contributed by atoms with Crippen LogP contribution in [0.5, 0.6) is 0 Å². The van der Waals surface area contributed by atoms with E-state index in [1.54, 1.807) is 7.11 Å². The molecule has 13 heavy (non-hydrogen) atoms. The number of methoxy groups -OCH3 is 1. The number of carbonyl (C=O) groups is 1. The topological polar surface area (TPSA) is 41.6 Å². The highest BCUT2D eigenvalue weighted by atomic mass is 16.5. The third kappa shape index (κ3) is 1.69. The van der Waals surface area contributed by atoms with Gasteiger partial charge in [0, 0.05) is 13.2 Å². The Morgan fingerprint density at radius 2 is 2.38 bits per heavy atom. The molecule has 2 aliphatic rings. The van der Waals surface area contributed by atoms with Gasteiger partial charge in [-0.3, -0.25) is 10.1 Å². The predicted octanol–water partition coefficient (Wildman–Crippen LogP) is -0.0568. The van der Waals surface area contributed by atoms with Crippen molar-refractivity contribution in [1.29, 1.82) is 0 Å². The smallest absolute Gasteiger partial charge is 0.237 e. The van der Waals surface area contributed by atoms with Crippen LogP contribution in [0.2, 0.25) is 0 Å². The average molecular weight is 184 g/mol. The van der Waals surface area contributed by atoms with Crippen LogP contribution in [0.3, 0.4) is 0 Å². The van der Waals surface area contributed by atoms with Crippen molar-refractivity contribution in [2.45, 2.75) is 31.4 Å². The number of hydrogen-bond acceptors (Lipinski definition) is 3. The van der Waals surface area contributed by atoms with Gasteiger partial charge < -0.3 is 9.64 Å². The summed E-state index contributed by atoms with van der Waals surface area (Å²) < 4.78 is 5.28. The first-order valence-electron chi connectivity index (χ1n) is 4.84. The molecular weight excluding hydrogens is 168 g/mol. The lowest BCUT2D eigenvalue weighted by Crippen LogP contribution is -2.36. The van der Waals surface area contributed by atoms with E-state index < -0.39 is 0 Å².